The first-order valence-electron chi connectivity index (χ1n) is 5.67. The second kappa shape index (κ2) is 7.01. The van der Waals surface area contributed by atoms with E-state index in [9.17, 15) is 5.11 Å². The molecule has 0 spiro atoms. The van der Waals surface area contributed by atoms with Crippen LogP contribution in [0.1, 0.15) is 18.7 Å². The van der Waals surface area contributed by atoms with Crippen LogP contribution in [0.25, 0.3) is 0 Å². The molecule has 1 aromatic heterocycles. The number of hydrogen-bond donors (Lipinski definition) is 2. The minimum Gasteiger partial charge on any atom is -0.386 e. The molecule has 1 unspecified atom stereocenters. The number of ether oxygens (including phenoxy) is 1. The Balaban J connectivity index is 2.10. The molecule has 1 atom stereocenters. The zero-order valence-electron chi connectivity index (χ0n) is 10.0. The Hall–Kier alpha value is -0.420. The minimum atomic E-state index is -0.772. The van der Waals surface area contributed by atoms with Crippen LogP contribution in [0.15, 0.2) is 17.5 Å². The fraction of sp³-hybridized carbons (Fsp3) is 0.667. The average molecular weight is 243 g/mol. The third-order valence-corrected chi connectivity index (χ3v) is 3.18. The third-order valence-electron chi connectivity index (χ3n) is 2.24. The van der Waals surface area contributed by atoms with Crippen LogP contribution in [-0.4, -0.2) is 37.0 Å². The quantitative estimate of drug-likeness (QED) is 0.682. The van der Waals surface area contributed by atoms with Gasteiger partial charge in [0, 0.05) is 17.8 Å². The highest BCUT2D eigenvalue weighted by Gasteiger charge is 2.19. The Bertz CT molecular complexity index is 273. The zero-order valence-corrected chi connectivity index (χ0v) is 10.8. The molecule has 0 aliphatic heterocycles. The van der Waals surface area contributed by atoms with Crippen LogP contribution < -0.4 is 5.32 Å². The maximum atomic E-state index is 9.92. The molecule has 1 rings (SSSR count). The SMILES string of the molecule is CCNCC(C)(O)COCCc1cccs1. The molecule has 0 fully saturated rings. The molecule has 0 radical (unpaired) electrons. The molecular weight excluding hydrogens is 222 g/mol. The predicted molar refractivity (Wildman–Crippen MR) is 68.0 cm³/mol. The van der Waals surface area contributed by atoms with Crippen molar-refractivity contribution in [3.63, 3.8) is 0 Å². The van der Waals surface area contributed by atoms with E-state index < -0.39 is 5.60 Å². The smallest absolute Gasteiger partial charge is 0.0975 e. The minimum absolute atomic E-state index is 0.380. The predicted octanol–water partition coefficient (Wildman–Crippen LogP) is 1.67. The first kappa shape index (κ1) is 13.6. The first-order chi connectivity index (χ1) is 7.64. The van der Waals surface area contributed by atoms with Gasteiger partial charge in [0.2, 0.25) is 0 Å². The molecule has 0 amide bonds. The van der Waals surface area contributed by atoms with Gasteiger partial charge in [0.1, 0.15) is 0 Å². The molecular formula is C12H21NO2S. The lowest BCUT2D eigenvalue weighted by Gasteiger charge is -2.23. The lowest BCUT2D eigenvalue weighted by Crippen LogP contribution is -2.41. The number of nitrogens with one attached hydrogen (secondary N) is 1. The Kier molecular flexibility index (Phi) is 5.98. The standard InChI is InChI=1S/C12H21NO2S/c1-3-13-9-12(2,14)10-15-7-6-11-5-4-8-16-11/h4-5,8,13-14H,3,6-7,9-10H2,1-2H3. The van der Waals surface area contributed by atoms with Gasteiger partial charge in [-0.1, -0.05) is 13.0 Å². The summed E-state index contributed by atoms with van der Waals surface area (Å²) in [5.74, 6) is 0. The molecule has 0 saturated heterocycles. The summed E-state index contributed by atoms with van der Waals surface area (Å²) in [4.78, 5) is 1.33. The van der Waals surface area contributed by atoms with Crippen LogP contribution in [-0.2, 0) is 11.2 Å². The van der Waals surface area contributed by atoms with E-state index in [0.717, 1.165) is 13.0 Å². The molecule has 1 aromatic rings. The Morgan fingerprint density at radius 1 is 1.56 bits per heavy atom. The summed E-state index contributed by atoms with van der Waals surface area (Å²) < 4.78 is 5.49. The molecule has 16 heavy (non-hydrogen) atoms. The van der Waals surface area contributed by atoms with E-state index in [1.807, 2.05) is 13.0 Å². The second-order valence-corrected chi connectivity index (χ2v) is 5.19. The summed E-state index contributed by atoms with van der Waals surface area (Å²) in [5, 5.41) is 15.1. The van der Waals surface area contributed by atoms with Gasteiger partial charge in [0.25, 0.3) is 0 Å². The van der Waals surface area contributed by atoms with Crippen molar-refractivity contribution in [2.75, 3.05) is 26.3 Å². The highest BCUT2D eigenvalue weighted by Crippen LogP contribution is 2.09. The van der Waals surface area contributed by atoms with Crippen molar-refractivity contribution >= 4 is 11.3 Å². The fourth-order valence-corrected chi connectivity index (χ4v) is 2.06. The molecule has 3 nitrogen and oxygen atoms in total. The molecule has 0 aromatic carbocycles. The second-order valence-electron chi connectivity index (χ2n) is 4.16. The van der Waals surface area contributed by atoms with Gasteiger partial charge in [-0.05, 0) is 24.9 Å². The summed E-state index contributed by atoms with van der Waals surface area (Å²) in [6.07, 6.45) is 0.926. The van der Waals surface area contributed by atoms with E-state index in [4.69, 9.17) is 4.74 Å². The van der Waals surface area contributed by atoms with Gasteiger partial charge in [-0.3, -0.25) is 0 Å². The monoisotopic (exact) mass is 243 g/mol. The van der Waals surface area contributed by atoms with Gasteiger partial charge in [0.05, 0.1) is 18.8 Å². The topological polar surface area (TPSA) is 41.5 Å². The molecule has 0 aliphatic rings. The van der Waals surface area contributed by atoms with E-state index in [2.05, 4.69) is 16.8 Å². The normalized spacial score (nSPS) is 14.9. The van der Waals surface area contributed by atoms with Crippen LogP contribution in [0.3, 0.4) is 0 Å². The number of thiophene rings is 1. The van der Waals surface area contributed by atoms with Crippen LogP contribution >= 0.6 is 11.3 Å². The summed E-state index contributed by atoms with van der Waals surface area (Å²) in [6, 6.07) is 4.14. The lowest BCUT2D eigenvalue weighted by molar-refractivity contribution is -0.0311. The molecule has 4 heteroatoms. The molecule has 0 saturated carbocycles. The van der Waals surface area contributed by atoms with Crippen LogP contribution in [0.2, 0.25) is 0 Å². The summed E-state index contributed by atoms with van der Waals surface area (Å²) in [5.41, 5.74) is -0.772. The van der Waals surface area contributed by atoms with Gasteiger partial charge < -0.3 is 15.2 Å². The maximum absolute atomic E-state index is 9.92. The number of rotatable bonds is 8. The zero-order chi connectivity index (χ0) is 11.9. The lowest BCUT2D eigenvalue weighted by atomic mass is 10.1. The number of aliphatic hydroxyl groups is 1. The Labute approximate surface area is 101 Å². The van der Waals surface area contributed by atoms with Gasteiger partial charge in [-0.2, -0.15) is 0 Å². The van der Waals surface area contributed by atoms with Crippen LogP contribution in [0.5, 0.6) is 0 Å². The summed E-state index contributed by atoms with van der Waals surface area (Å²) >= 11 is 1.74. The Morgan fingerprint density at radius 2 is 2.38 bits per heavy atom. The van der Waals surface area contributed by atoms with Crippen molar-refractivity contribution in [1.29, 1.82) is 0 Å². The van der Waals surface area contributed by atoms with E-state index in [0.29, 0.717) is 19.8 Å². The fourth-order valence-electron chi connectivity index (χ4n) is 1.36. The average Bonchev–Trinajstić information content (AvgIpc) is 2.75. The van der Waals surface area contributed by atoms with Crippen molar-refractivity contribution in [2.24, 2.45) is 0 Å². The number of hydrogen-bond acceptors (Lipinski definition) is 4. The third kappa shape index (κ3) is 5.61. The van der Waals surface area contributed by atoms with Gasteiger partial charge in [-0.15, -0.1) is 11.3 Å². The van der Waals surface area contributed by atoms with E-state index in [1.54, 1.807) is 18.3 Å². The molecule has 92 valence electrons. The first-order valence-corrected chi connectivity index (χ1v) is 6.55. The maximum Gasteiger partial charge on any atom is 0.0975 e. The highest BCUT2D eigenvalue weighted by atomic mass is 32.1. The summed E-state index contributed by atoms with van der Waals surface area (Å²) in [6.45, 7) is 6.30. The largest absolute Gasteiger partial charge is 0.386 e. The van der Waals surface area contributed by atoms with Gasteiger partial charge in [-0.25, -0.2) is 0 Å². The van der Waals surface area contributed by atoms with Crippen molar-refractivity contribution in [2.45, 2.75) is 25.9 Å². The van der Waals surface area contributed by atoms with Crippen molar-refractivity contribution in [3.05, 3.63) is 22.4 Å². The number of likely N-dealkylation sites (N-methyl/N-ethyl adjacent to an activating group) is 1. The molecule has 1 heterocycles. The van der Waals surface area contributed by atoms with E-state index in [1.165, 1.54) is 4.88 Å². The van der Waals surface area contributed by atoms with Crippen LogP contribution in [0.4, 0.5) is 0 Å². The van der Waals surface area contributed by atoms with Crippen molar-refractivity contribution < 1.29 is 9.84 Å². The van der Waals surface area contributed by atoms with Crippen molar-refractivity contribution in [3.8, 4) is 0 Å². The van der Waals surface area contributed by atoms with E-state index >= 15 is 0 Å². The van der Waals surface area contributed by atoms with Gasteiger partial charge >= 0.3 is 0 Å². The van der Waals surface area contributed by atoms with Gasteiger partial charge in [0.15, 0.2) is 0 Å². The Morgan fingerprint density at radius 3 is 3.00 bits per heavy atom. The molecule has 2 N–H and O–H groups in total. The summed E-state index contributed by atoms with van der Waals surface area (Å²) in [7, 11) is 0. The van der Waals surface area contributed by atoms with E-state index in [-0.39, 0.29) is 0 Å². The highest BCUT2D eigenvalue weighted by molar-refractivity contribution is 7.09. The molecule has 0 aliphatic carbocycles. The van der Waals surface area contributed by atoms with Crippen molar-refractivity contribution in [1.82, 2.24) is 5.32 Å². The van der Waals surface area contributed by atoms with Crippen LogP contribution in [0, 0.1) is 0 Å². The molecule has 0 bridgehead atoms.